The van der Waals surface area contributed by atoms with Crippen molar-refractivity contribution in [1.29, 1.82) is 0 Å². The van der Waals surface area contributed by atoms with Gasteiger partial charge >= 0.3 is 0 Å². The topological polar surface area (TPSA) is 48.0 Å². The highest BCUT2D eigenvalue weighted by atomic mass is 35.5. The van der Waals surface area contributed by atoms with Crippen LogP contribution in [0, 0.1) is 0 Å². The summed E-state index contributed by atoms with van der Waals surface area (Å²) in [5.74, 6) is 0. The number of nitrogens with zero attached hydrogens (tertiary/aromatic N) is 1. The first-order valence-corrected chi connectivity index (χ1v) is 3.70. The fourth-order valence-electron chi connectivity index (χ4n) is 0.907. The molecular weight excluding hydrogens is 176 g/mol. The number of rotatable bonds is 3. The average Bonchev–Trinajstić information content (AvgIpc) is 2.03. The van der Waals surface area contributed by atoms with Gasteiger partial charge in [0.1, 0.15) is 0 Å². The summed E-state index contributed by atoms with van der Waals surface area (Å²) in [4.78, 5) is 11.0. The zero-order valence-corrected chi connectivity index (χ0v) is 7.59. The molecule has 0 aromatic carbocycles. The largest absolute Gasteiger partial charge is 0.330 e. The van der Waals surface area contributed by atoms with E-state index in [1.165, 1.54) is 0 Å². The molecule has 1 aromatic heterocycles. The molecule has 0 aliphatic heterocycles. The van der Waals surface area contributed by atoms with Crippen LogP contribution < -0.4 is 11.3 Å². The molecule has 0 saturated carbocycles. The van der Waals surface area contributed by atoms with Gasteiger partial charge in [0.2, 0.25) is 5.56 Å². The molecule has 0 amide bonds. The Morgan fingerprint density at radius 3 is 2.75 bits per heavy atom. The molecule has 1 aromatic rings. The van der Waals surface area contributed by atoms with Gasteiger partial charge < -0.3 is 10.3 Å². The quantitative estimate of drug-likeness (QED) is 0.756. The molecule has 0 spiro atoms. The average molecular weight is 189 g/mol. The van der Waals surface area contributed by atoms with Crippen molar-refractivity contribution in [2.24, 2.45) is 5.73 Å². The molecule has 0 atom stereocenters. The van der Waals surface area contributed by atoms with Crippen LogP contribution in [0.3, 0.4) is 0 Å². The van der Waals surface area contributed by atoms with Crippen LogP contribution in [0.2, 0.25) is 0 Å². The number of nitrogens with two attached hydrogens (primary N) is 1. The van der Waals surface area contributed by atoms with E-state index in [1.54, 1.807) is 22.9 Å². The first-order valence-electron chi connectivity index (χ1n) is 3.70. The van der Waals surface area contributed by atoms with E-state index in [9.17, 15) is 4.79 Å². The molecule has 0 aliphatic carbocycles. The molecule has 0 aliphatic rings. The van der Waals surface area contributed by atoms with Crippen LogP contribution in [0.15, 0.2) is 29.2 Å². The van der Waals surface area contributed by atoms with E-state index in [0.717, 1.165) is 13.0 Å². The van der Waals surface area contributed by atoms with Crippen molar-refractivity contribution in [3.8, 4) is 0 Å². The molecule has 12 heavy (non-hydrogen) atoms. The fraction of sp³-hybridized carbons (Fsp3) is 0.375. The number of aryl methyl sites for hydroxylation is 1. The lowest BCUT2D eigenvalue weighted by Crippen LogP contribution is -2.19. The summed E-state index contributed by atoms with van der Waals surface area (Å²) in [7, 11) is 0. The molecule has 3 nitrogen and oxygen atoms in total. The second kappa shape index (κ2) is 5.80. The van der Waals surface area contributed by atoms with E-state index in [0.29, 0.717) is 6.54 Å². The Morgan fingerprint density at radius 1 is 1.42 bits per heavy atom. The van der Waals surface area contributed by atoms with Crippen LogP contribution in [0.25, 0.3) is 0 Å². The van der Waals surface area contributed by atoms with Crippen LogP contribution in [0.5, 0.6) is 0 Å². The molecular formula is C8H13ClN2O. The Hall–Kier alpha value is -0.800. The lowest BCUT2D eigenvalue weighted by molar-refractivity contribution is 0.630. The van der Waals surface area contributed by atoms with E-state index < -0.39 is 0 Å². The highest BCUT2D eigenvalue weighted by Gasteiger charge is 1.90. The van der Waals surface area contributed by atoms with Crippen molar-refractivity contribution in [1.82, 2.24) is 4.57 Å². The van der Waals surface area contributed by atoms with E-state index in [2.05, 4.69) is 0 Å². The summed E-state index contributed by atoms with van der Waals surface area (Å²) in [5.41, 5.74) is 5.35. The molecule has 1 heterocycles. The third kappa shape index (κ3) is 3.07. The summed E-state index contributed by atoms with van der Waals surface area (Å²) < 4.78 is 1.66. The Bertz CT molecular complexity index is 272. The molecule has 4 heteroatoms. The third-order valence-corrected chi connectivity index (χ3v) is 1.50. The van der Waals surface area contributed by atoms with Gasteiger partial charge in [0.15, 0.2) is 0 Å². The van der Waals surface area contributed by atoms with Gasteiger partial charge in [-0.25, -0.2) is 0 Å². The third-order valence-electron chi connectivity index (χ3n) is 1.50. The summed E-state index contributed by atoms with van der Waals surface area (Å²) in [6.07, 6.45) is 2.63. The van der Waals surface area contributed by atoms with Crippen molar-refractivity contribution in [2.75, 3.05) is 6.54 Å². The van der Waals surface area contributed by atoms with Gasteiger partial charge in [-0.3, -0.25) is 4.79 Å². The SMILES string of the molecule is Cl.NCCCn1ccccc1=O. The van der Waals surface area contributed by atoms with E-state index in [1.807, 2.05) is 6.07 Å². The Morgan fingerprint density at radius 2 is 2.17 bits per heavy atom. The maximum atomic E-state index is 11.0. The maximum absolute atomic E-state index is 11.0. The number of hydrogen-bond donors (Lipinski definition) is 1. The smallest absolute Gasteiger partial charge is 0.250 e. The predicted molar refractivity (Wildman–Crippen MR) is 51.6 cm³/mol. The minimum Gasteiger partial charge on any atom is -0.330 e. The molecule has 68 valence electrons. The van der Waals surface area contributed by atoms with Crippen molar-refractivity contribution < 1.29 is 0 Å². The first-order chi connectivity index (χ1) is 5.34. The molecule has 0 saturated heterocycles. The Balaban J connectivity index is 0.00000121. The summed E-state index contributed by atoms with van der Waals surface area (Å²) in [6, 6.07) is 5.13. The molecule has 2 N–H and O–H groups in total. The zero-order chi connectivity index (χ0) is 8.10. The second-order valence-electron chi connectivity index (χ2n) is 2.37. The minimum absolute atomic E-state index is 0. The maximum Gasteiger partial charge on any atom is 0.250 e. The second-order valence-corrected chi connectivity index (χ2v) is 2.37. The van der Waals surface area contributed by atoms with Crippen molar-refractivity contribution >= 4 is 12.4 Å². The lowest BCUT2D eigenvalue weighted by atomic mass is 10.4. The van der Waals surface area contributed by atoms with Crippen molar-refractivity contribution in [3.63, 3.8) is 0 Å². The summed E-state index contributed by atoms with van der Waals surface area (Å²) >= 11 is 0. The van der Waals surface area contributed by atoms with Gasteiger partial charge in [0.25, 0.3) is 0 Å². The minimum atomic E-state index is 0. The van der Waals surface area contributed by atoms with Crippen molar-refractivity contribution in [3.05, 3.63) is 34.7 Å². The number of hydrogen-bond acceptors (Lipinski definition) is 2. The standard InChI is InChI=1S/C8H12N2O.ClH/c9-5-3-7-10-6-2-1-4-8(10)11;/h1-2,4,6H,3,5,7,9H2;1H. The molecule has 0 fully saturated rings. The van der Waals surface area contributed by atoms with Gasteiger partial charge in [-0.05, 0) is 19.0 Å². The van der Waals surface area contributed by atoms with Crippen molar-refractivity contribution in [2.45, 2.75) is 13.0 Å². The zero-order valence-electron chi connectivity index (χ0n) is 6.77. The predicted octanol–water partition coefficient (Wildman–Crippen LogP) is 0.619. The Labute approximate surface area is 77.6 Å². The normalized spacial score (nSPS) is 9.08. The lowest BCUT2D eigenvalue weighted by Gasteiger charge is -2.01. The fourth-order valence-corrected chi connectivity index (χ4v) is 0.907. The van der Waals surface area contributed by atoms with E-state index in [4.69, 9.17) is 5.73 Å². The molecule has 1 rings (SSSR count). The highest BCUT2D eigenvalue weighted by molar-refractivity contribution is 5.85. The van der Waals surface area contributed by atoms with Gasteiger partial charge in [0, 0.05) is 18.8 Å². The Kier molecular flexibility index (Phi) is 5.41. The van der Waals surface area contributed by atoms with Crippen LogP contribution >= 0.6 is 12.4 Å². The van der Waals surface area contributed by atoms with Gasteiger partial charge in [-0.2, -0.15) is 0 Å². The van der Waals surface area contributed by atoms with Crippen LogP contribution in [-0.2, 0) is 6.54 Å². The molecule has 0 unspecified atom stereocenters. The van der Waals surface area contributed by atoms with Gasteiger partial charge in [-0.1, -0.05) is 6.07 Å². The number of halogens is 1. The van der Waals surface area contributed by atoms with Gasteiger partial charge in [0.05, 0.1) is 0 Å². The van der Waals surface area contributed by atoms with Gasteiger partial charge in [-0.15, -0.1) is 12.4 Å². The molecule has 0 radical (unpaired) electrons. The van der Waals surface area contributed by atoms with Crippen LogP contribution in [0.4, 0.5) is 0 Å². The summed E-state index contributed by atoms with van der Waals surface area (Å²) in [5, 5.41) is 0. The number of aromatic nitrogens is 1. The molecule has 0 bridgehead atoms. The summed E-state index contributed by atoms with van der Waals surface area (Å²) in [6.45, 7) is 1.34. The highest BCUT2D eigenvalue weighted by Crippen LogP contribution is 1.84. The number of pyridine rings is 1. The monoisotopic (exact) mass is 188 g/mol. The van der Waals surface area contributed by atoms with Crippen LogP contribution in [0.1, 0.15) is 6.42 Å². The first kappa shape index (κ1) is 11.2. The van der Waals surface area contributed by atoms with Crippen LogP contribution in [-0.4, -0.2) is 11.1 Å². The van der Waals surface area contributed by atoms with E-state index in [-0.39, 0.29) is 18.0 Å². The van der Waals surface area contributed by atoms with E-state index >= 15 is 0 Å².